The van der Waals surface area contributed by atoms with Crippen molar-refractivity contribution in [1.82, 2.24) is 9.62 Å². The molecule has 1 amide bonds. The van der Waals surface area contributed by atoms with Gasteiger partial charge >= 0.3 is 0 Å². The topological polar surface area (TPSA) is 75.7 Å². The van der Waals surface area contributed by atoms with Gasteiger partial charge in [-0.3, -0.25) is 4.79 Å². The van der Waals surface area contributed by atoms with E-state index in [-0.39, 0.29) is 28.2 Å². The normalized spacial score (nSPS) is 12.3. The Morgan fingerprint density at radius 3 is 2.33 bits per heavy atom. The molecule has 0 aliphatic carbocycles. The van der Waals surface area contributed by atoms with Gasteiger partial charge in [0.25, 0.3) is 5.91 Å². The van der Waals surface area contributed by atoms with Gasteiger partial charge in [0.1, 0.15) is 10.6 Å². The molecule has 1 N–H and O–H groups in total. The van der Waals surface area contributed by atoms with Crippen LogP contribution >= 0.6 is 11.6 Å². The van der Waals surface area contributed by atoms with Gasteiger partial charge in [-0.2, -0.15) is 4.31 Å². The molecule has 0 radical (unpaired) electrons. The lowest BCUT2D eigenvalue weighted by Crippen LogP contribution is -2.43. The highest BCUT2D eigenvalue weighted by atomic mass is 35.5. The van der Waals surface area contributed by atoms with Gasteiger partial charge in [0.05, 0.1) is 0 Å². The highest BCUT2D eigenvalue weighted by Gasteiger charge is 2.26. The van der Waals surface area contributed by atoms with Crippen molar-refractivity contribution in [3.63, 3.8) is 0 Å². The maximum absolute atomic E-state index is 12.7. The molecule has 0 saturated heterocycles. The molecule has 1 aromatic carbocycles. The van der Waals surface area contributed by atoms with Gasteiger partial charge in [0.15, 0.2) is 6.61 Å². The molecule has 0 spiro atoms. The molecule has 0 bridgehead atoms. The fraction of sp³-hybridized carbons (Fsp3) is 0.562. The minimum absolute atomic E-state index is 0.0396. The highest BCUT2D eigenvalue weighted by Crippen LogP contribution is 2.29. The second-order valence-corrected chi connectivity index (χ2v) is 8.61. The fourth-order valence-corrected chi connectivity index (χ4v) is 3.95. The van der Waals surface area contributed by atoms with Crippen LogP contribution in [-0.4, -0.2) is 43.9 Å². The summed E-state index contributed by atoms with van der Waals surface area (Å²) >= 11 is 5.95. The average Bonchev–Trinajstić information content (AvgIpc) is 2.45. The van der Waals surface area contributed by atoms with E-state index in [2.05, 4.69) is 5.32 Å². The molecule has 136 valence electrons. The number of hydrogen-bond acceptors (Lipinski definition) is 4. The van der Waals surface area contributed by atoms with E-state index >= 15 is 0 Å². The number of benzene rings is 1. The molecule has 1 rings (SSSR count). The number of rotatable bonds is 7. The first-order chi connectivity index (χ1) is 11.0. The number of nitrogens with zero attached hydrogens (tertiary/aromatic N) is 1. The monoisotopic (exact) mass is 376 g/mol. The Bertz CT molecular complexity index is 680. The third-order valence-electron chi connectivity index (χ3n) is 3.10. The van der Waals surface area contributed by atoms with Crippen LogP contribution in [0.3, 0.4) is 0 Å². The van der Waals surface area contributed by atoms with Gasteiger partial charge < -0.3 is 10.1 Å². The molecule has 6 nitrogen and oxygen atoms in total. The third-order valence-corrected chi connectivity index (χ3v) is 5.41. The molecular formula is C16H25ClN2O4S. The van der Waals surface area contributed by atoms with Crippen LogP contribution in [0, 0.1) is 0 Å². The molecule has 1 aromatic rings. The summed E-state index contributed by atoms with van der Waals surface area (Å²) < 4.78 is 32.2. The smallest absolute Gasteiger partial charge is 0.258 e. The van der Waals surface area contributed by atoms with Crippen molar-refractivity contribution in [3.05, 3.63) is 23.2 Å². The number of hydrogen-bond donors (Lipinski definition) is 1. The van der Waals surface area contributed by atoms with Crippen LogP contribution in [0.25, 0.3) is 0 Å². The molecule has 0 saturated carbocycles. The molecule has 0 fully saturated rings. The first kappa shape index (κ1) is 20.7. The minimum atomic E-state index is -3.75. The summed E-state index contributed by atoms with van der Waals surface area (Å²) in [6.45, 7) is 9.44. The molecule has 0 unspecified atom stereocenters. The Kier molecular flexibility index (Phi) is 7.07. The van der Waals surface area contributed by atoms with Gasteiger partial charge in [0, 0.05) is 23.7 Å². The Morgan fingerprint density at radius 1 is 1.25 bits per heavy atom. The van der Waals surface area contributed by atoms with Crippen LogP contribution in [0.5, 0.6) is 5.75 Å². The number of nitrogens with one attached hydrogen (secondary N) is 1. The van der Waals surface area contributed by atoms with Crippen LogP contribution in [0.4, 0.5) is 0 Å². The molecule has 0 aliphatic heterocycles. The number of halogens is 1. The maximum Gasteiger partial charge on any atom is 0.258 e. The third kappa shape index (κ3) is 5.65. The van der Waals surface area contributed by atoms with Crippen LogP contribution in [0.15, 0.2) is 23.1 Å². The quantitative estimate of drug-likeness (QED) is 0.793. The molecule has 0 aliphatic rings. The van der Waals surface area contributed by atoms with Crippen molar-refractivity contribution in [2.24, 2.45) is 0 Å². The summed E-state index contributed by atoms with van der Waals surface area (Å²) in [6.07, 6.45) is 0. The second kappa shape index (κ2) is 8.18. The van der Waals surface area contributed by atoms with Crippen LogP contribution in [0.2, 0.25) is 5.02 Å². The first-order valence-electron chi connectivity index (χ1n) is 7.74. The van der Waals surface area contributed by atoms with Gasteiger partial charge in [-0.05, 0) is 39.0 Å². The van der Waals surface area contributed by atoms with Gasteiger partial charge in [-0.15, -0.1) is 0 Å². The number of amides is 1. The molecule has 0 aromatic heterocycles. The highest BCUT2D eigenvalue weighted by molar-refractivity contribution is 7.89. The van der Waals surface area contributed by atoms with E-state index in [1.54, 1.807) is 13.8 Å². The average molecular weight is 377 g/mol. The van der Waals surface area contributed by atoms with E-state index in [0.717, 1.165) is 0 Å². The Labute approximate surface area is 149 Å². The SMILES string of the molecule is CCN(CC)S(=O)(=O)c1cc(Cl)ccc1OCC(=O)NC(C)(C)C. The zero-order chi connectivity index (χ0) is 18.5. The molecular weight excluding hydrogens is 352 g/mol. The zero-order valence-electron chi connectivity index (χ0n) is 14.7. The van der Waals surface area contributed by atoms with Crippen LogP contribution < -0.4 is 10.1 Å². The first-order valence-corrected chi connectivity index (χ1v) is 9.56. The van der Waals surface area contributed by atoms with E-state index in [1.807, 2.05) is 20.8 Å². The predicted octanol–water partition coefficient (Wildman–Crippen LogP) is 2.66. The van der Waals surface area contributed by atoms with E-state index in [1.165, 1.54) is 22.5 Å². The summed E-state index contributed by atoms with van der Waals surface area (Å²) in [7, 11) is -3.75. The molecule has 8 heteroatoms. The van der Waals surface area contributed by atoms with E-state index in [0.29, 0.717) is 13.1 Å². The fourth-order valence-electron chi connectivity index (χ4n) is 2.10. The summed E-state index contributed by atoms with van der Waals surface area (Å²) in [4.78, 5) is 11.8. The summed E-state index contributed by atoms with van der Waals surface area (Å²) in [6, 6.07) is 4.33. The van der Waals surface area contributed by atoms with Gasteiger partial charge in [-0.25, -0.2) is 8.42 Å². The Balaban J connectivity index is 3.08. The van der Waals surface area contributed by atoms with Crippen molar-refractivity contribution >= 4 is 27.5 Å². The second-order valence-electron chi connectivity index (χ2n) is 6.27. The lowest BCUT2D eigenvalue weighted by atomic mass is 10.1. The number of carbonyl (C=O) groups is 1. The maximum atomic E-state index is 12.7. The van der Waals surface area contributed by atoms with Crippen LogP contribution in [0.1, 0.15) is 34.6 Å². The van der Waals surface area contributed by atoms with Crippen molar-refractivity contribution in [1.29, 1.82) is 0 Å². The summed E-state index contributed by atoms with van der Waals surface area (Å²) in [5.41, 5.74) is -0.392. The Morgan fingerprint density at radius 2 is 1.83 bits per heavy atom. The Hall–Kier alpha value is -1.31. The van der Waals surface area contributed by atoms with Crippen molar-refractivity contribution in [2.45, 2.75) is 45.1 Å². The molecule has 24 heavy (non-hydrogen) atoms. The van der Waals surface area contributed by atoms with Crippen LogP contribution in [-0.2, 0) is 14.8 Å². The lowest BCUT2D eigenvalue weighted by Gasteiger charge is -2.22. The summed E-state index contributed by atoms with van der Waals surface area (Å²) in [5.74, 6) is -0.223. The largest absolute Gasteiger partial charge is 0.482 e. The predicted molar refractivity (Wildman–Crippen MR) is 94.9 cm³/mol. The van der Waals surface area contributed by atoms with Crippen molar-refractivity contribution in [3.8, 4) is 5.75 Å². The molecule has 0 heterocycles. The standard InChI is InChI=1S/C16H25ClN2O4S/c1-6-19(7-2)24(21,22)14-10-12(17)8-9-13(14)23-11-15(20)18-16(3,4)5/h8-10H,6-7,11H2,1-5H3,(H,18,20). The summed E-state index contributed by atoms with van der Waals surface area (Å²) in [5, 5.41) is 3.04. The number of carbonyl (C=O) groups excluding carboxylic acids is 1. The number of ether oxygens (including phenoxy) is 1. The van der Waals surface area contributed by atoms with E-state index < -0.39 is 15.6 Å². The van der Waals surface area contributed by atoms with Gasteiger partial charge in [0.2, 0.25) is 10.0 Å². The zero-order valence-corrected chi connectivity index (χ0v) is 16.3. The van der Waals surface area contributed by atoms with Crippen molar-refractivity contribution < 1.29 is 17.9 Å². The van der Waals surface area contributed by atoms with E-state index in [4.69, 9.17) is 16.3 Å². The lowest BCUT2D eigenvalue weighted by molar-refractivity contribution is -0.124. The van der Waals surface area contributed by atoms with E-state index in [9.17, 15) is 13.2 Å². The molecule has 0 atom stereocenters. The van der Waals surface area contributed by atoms with Crippen molar-refractivity contribution in [2.75, 3.05) is 19.7 Å². The minimum Gasteiger partial charge on any atom is -0.482 e. The van der Waals surface area contributed by atoms with Gasteiger partial charge in [-0.1, -0.05) is 25.4 Å². The number of sulfonamides is 1.